The lowest BCUT2D eigenvalue weighted by Crippen LogP contribution is -2.29. The lowest BCUT2D eigenvalue weighted by molar-refractivity contribution is -0.141. The van der Waals surface area contributed by atoms with Gasteiger partial charge in [0.05, 0.1) is 0 Å². The molecule has 0 radical (unpaired) electrons. The smallest absolute Gasteiger partial charge is 0.326 e. The average Bonchev–Trinajstić information content (AvgIpc) is 3.06. The minimum Gasteiger partial charge on any atom is -0.480 e. The van der Waals surface area contributed by atoms with Crippen molar-refractivity contribution in [2.24, 2.45) is 5.92 Å². The van der Waals surface area contributed by atoms with Crippen molar-refractivity contribution in [2.75, 3.05) is 13.1 Å². The predicted molar refractivity (Wildman–Crippen MR) is 78.2 cm³/mol. The second-order valence-corrected chi connectivity index (χ2v) is 6.60. The number of aliphatic carboxylic acids is 1. The normalized spacial score (nSPS) is 26.2. The Morgan fingerprint density at radius 3 is 2.86 bits per heavy atom. The van der Waals surface area contributed by atoms with Crippen molar-refractivity contribution in [3.05, 3.63) is 11.6 Å². The fourth-order valence-corrected chi connectivity index (χ4v) is 3.60. The molecule has 6 heteroatoms. The minimum atomic E-state index is -0.757. The number of fused-ring (bicyclic) bond motifs is 1. The standard InChI is InChI=1S/C15H24N4O2/c1-10(2)18-7-6-11(9-18)8-14-17-16-13-5-3-4-12(15(20)21)19(13)14/h10-12H,3-9H2,1-2H3,(H,20,21). The van der Waals surface area contributed by atoms with Crippen LogP contribution in [0.1, 0.15) is 50.8 Å². The van der Waals surface area contributed by atoms with Crippen LogP contribution in [0.4, 0.5) is 0 Å². The van der Waals surface area contributed by atoms with Crippen LogP contribution in [0.15, 0.2) is 0 Å². The molecule has 0 aromatic carbocycles. The number of rotatable bonds is 4. The van der Waals surface area contributed by atoms with Crippen LogP contribution in [-0.4, -0.2) is 49.9 Å². The zero-order valence-corrected chi connectivity index (χ0v) is 12.8. The molecule has 21 heavy (non-hydrogen) atoms. The van der Waals surface area contributed by atoms with E-state index in [2.05, 4.69) is 28.9 Å². The van der Waals surface area contributed by atoms with Gasteiger partial charge < -0.3 is 14.6 Å². The molecule has 6 nitrogen and oxygen atoms in total. The number of carboxylic acids is 1. The van der Waals surface area contributed by atoms with Crippen molar-refractivity contribution in [3.8, 4) is 0 Å². The van der Waals surface area contributed by atoms with Crippen LogP contribution in [0.25, 0.3) is 0 Å². The van der Waals surface area contributed by atoms with Gasteiger partial charge in [-0.05, 0) is 45.6 Å². The van der Waals surface area contributed by atoms with Crippen molar-refractivity contribution in [2.45, 2.75) is 58.0 Å². The SMILES string of the molecule is CC(C)N1CCC(Cc2nnc3n2C(C(=O)O)CCC3)C1. The zero-order chi connectivity index (χ0) is 15.0. The first kappa shape index (κ1) is 14.5. The fourth-order valence-electron chi connectivity index (χ4n) is 3.60. The third kappa shape index (κ3) is 2.81. The molecule has 2 aliphatic heterocycles. The Morgan fingerprint density at radius 2 is 2.19 bits per heavy atom. The van der Waals surface area contributed by atoms with E-state index in [9.17, 15) is 9.90 Å². The number of aromatic nitrogens is 3. The van der Waals surface area contributed by atoms with Gasteiger partial charge in [0.1, 0.15) is 17.7 Å². The Labute approximate surface area is 125 Å². The third-order valence-corrected chi connectivity index (χ3v) is 4.83. The molecule has 1 aromatic heterocycles. The van der Waals surface area contributed by atoms with Gasteiger partial charge in [-0.1, -0.05) is 0 Å². The summed E-state index contributed by atoms with van der Waals surface area (Å²) in [5.41, 5.74) is 0. The van der Waals surface area contributed by atoms with Crippen LogP contribution in [0.5, 0.6) is 0 Å². The Kier molecular flexibility index (Phi) is 3.97. The Balaban J connectivity index is 1.75. The van der Waals surface area contributed by atoms with E-state index in [1.807, 2.05) is 4.57 Å². The Bertz CT molecular complexity index is 526. The quantitative estimate of drug-likeness (QED) is 0.911. The zero-order valence-electron chi connectivity index (χ0n) is 12.8. The first-order chi connectivity index (χ1) is 10.1. The van der Waals surface area contributed by atoms with Gasteiger partial charge in [0.2, 0.25) is 0 Å². The summed E-state index contributed by atoms with van der Waals surface area (Å²) in [7, 11) is 0. The summed E-state index contributed by atoms with van der Waals surface area (Å²) in [6.07, 6.45) is 4.44. The number of likely N-dealkylation sites (tertiary alicyclic amines) is 1. The molecular formula is C15H24N4O2. The van der Waals surface area contributed by atoms with Gasteiger partial charge in [-0.3, -0.25) is 0 Å². The van der Waals surface area contributed by atoms with Crippen LogP contribution in [0.3, 0.4) is 0 Å². The van der Waals surface area contributed by atoms with E-state index in [0.717, 1.165) is 50.4 Å². The molecule has 1 fully saturated rings. The summed E-state index contributed by atoms with van der Waals surface area (Å²) in [4.78, 5) is 13.9. The van der Waals surface area contributed by atoms with E-state index >= 15 is 0 Å². The molecule has 2 aliphatic rings. The maximum Gasteiger partial charge on any atom is 0.326 e. The average molecular weight is 292 g/mol. The minimum absolute atomic E-state index is 0.471. The molecule has 1 N–H and O–H groups in total. The van der Waals surface area contributed by atoms with Crippen molar-refractivity contribution >= 4 is 5.97 Å². The molecule has 3 rings (SSSR count). The number of hydrogen-bond acceptors (Lipinski definition) is 4. The van der Waals surface area contributed by atoms with E-state index in [0.29, 0.717) is 18.4 Å². The first-order valence-electron chi connectivity index (χ1n) is 7.95. The van der Waals surface area contributed by atoms with E-state index in [1.54, 1.807) is 0 Å². The topological polar surface area (TPSA) is 71.2 Å². The van der Waals surface area contributed by atoms with Crippen LogP contribution in [-0.2, 0) is 17.6 Å². The van der Waals surface area contributed by atoms with Gasteiger partial charge in [0.15, 0.2) is 0 Å². The predicted octanol–water partition coefficient (Wildman–Crippen LogP) is 1.51. The number of hydrogen-bond donors (Lipinski definition) is 1. The summed E-state index contributed by atoms with van der Waals surface area (Å²) in [6, 6.07) is 0.107. The van der Waals surface area contributed by atoms with Gasteiger partial charge in [-0.25, -0.2) is 4.79 Å². The monoisotopic (exact) mass is 292 g/mol. The molecule has 2 atom stereocenters. The molecule has 0 amide bonds. The summed E-state index contributed by atoms with van der Waals surface area (Å²) in [5, 5.41) is 17.9. The van der Waals surface area contributed by atoms with Crippen LogP contribution in [0.2, 0.25) is 0 Å². The van der Waals surface area contributed by atoms with Crippen LogP contribution in [0, 0.1) is 5.92 Å². The lowest BCUT2D eigenvalue weighted by atomic mass is 10.0. The largest absolute Gasteiger partial charge is 0.480 e. The molecule has 0 spiro atoms. The molecule has 1 saturated heterocycles. The summed E-state index contributed by atoms with van der Waals surface area (Å²) in [6.45, 7) is 6.66. The number of aryl methyl sites for hydroxylation is 1. The fraction of sp³-hybridized carbons (Fsp3) is 0.800. The molecular weight excluding hydrogens is 268 g/mol. The van der Waals surface area contributed by atoms with Gasteiger partial charge >= 0.3 is 5.97 Å². The lowest BCUT2D eigenvalue weighted by Gasteiger charge is -2.23. The van der Waals surface area contributed by atoms with Crippen molar-refractivity contribution in [1.29, 1.82) is 0 Å². The highest BCUT2D eigenvalue weighted by molar-refractivity contribution is 5.72. The van der Waals surface area contributed by atoms with Gasteiger partial charge in [0.25, 0.3) is 0 Å². The summed E-state index contributed by atoms with van der Waals surface area (Å²) >= 11 is 0. The molecule has 116 valence electrons. The third-order valence-electron chi connectivity index (χ3n) is 4.83. The maximum absolute atomic E-state index is 11.5. The second kappa shape index (κ2) is 5.75. The molecule has 0 aliphatic carbocycles. The molecule has 0 saturated carbocycles. The maximum atomic E-state index is 11.5. The number of nitrogens with zero attached hydrogens (tertiary/aromatic N) is 4. The summed E-state index contributed by atoms with van der Waals surface area (Å²) < 4.78 is 1.89. The number of carbonyl (C=O) groups is 1. The second-order valence-electron chi connectivity index (χ2n) is 6.60. The first-order valence-corrected chi connectivity index (χ1v) is 7.95. The highest BCUT2D eigenvalue weighted by Crippen LogP contribution is 2.28. The molecule has 3 heterocycles. The van der Waals surface area contributed by atoms with E-state index in [-0.39, 0.29) is 0 Å². The Hall–Kier alpha value is -1.43. The van der Waals surface area contributed by atoms with Crippen LogP contribution >= 0.6 is 0 Å². The van der Waals surface area contributed by atoms with Crippen LogP contribution < -0.4 is 0 Å². The van der Waals surface area contributed by atoms with Crippen molar-refractivity contribution in [3.63, 3.8) is 0 Å². The summed E-state index contributed by atoms with van der Waals surface area (Å²) in [5.74, 6) is 1.53. The van der Waals surface area contributed by atoms with E-state index < -0.39 is 12.0 Å². The highest BCUT2D eigenvalue weighted by atomic mass is 16.4. The van der Waals surface area contributed by atoms with Gasteiger partial charge in [-0.2, -0.15) is 0 Å². The van der Waals surface area contributed by atoms with E-state index in [1.165, 1.54) is 0 Å². The molecule has 2 unspecified atom stereocenters. The highest BCUT2D eigenvalue weighted by Gasteiger charge is 2.32. The Morgan fingerprint density at radius 1 is 1.38 bits per heavy atom. The van der Waals surface area contributed by atoms with Crippen molar-refractivity contribution < 1.29 is 9.90 Å². The van der Waals surface area contributed by atoms with Gasteiger partial charge in [-0.15, -0.1) is 10.2 Å². The van der Waals surface area contributed by atoms with Crippen molar-refractivity contribution in [1.82, 2.24) is 19.7 Å². The number of carboxylic acid groups (broad SMARTS) is 1. The van der Waals surface area contributed by atoms with Gasteiger partial charge in [0, 0.05) is 25.4 Å². The molecule has 0 bridgehead atoms. The van der Waals surface area contributed by atoms with E-state index in [4.69, 9.17) is 0 Å². The molecule has 1 aromatic rings.